The van der Waals surface area contributed by atoms with Crippen molar-refractivity contribution in [1.29, 1.82) is 0 Å². The molecule has 340 valence electrons. The first-order valence-electron chi connectivity index (χ1n) is 18.7. The summed E-state index contributed by atoms with van der Waals surface area (Å²) in [5.74, 6) is -6.31. The zero-order valence-electron chi connectivity index (χ0n) is 33.6. The maximum atomic E-state index is 12.3. The van der Waals surface area contributed by atoms with Crippen LogP contribution in [0.3, 0.4) is 0 Å². The molecule has 0 aliphatic carbocycles. The fraction of sp³-hybridized carbons (Fsp3) is 0.211. The Hall–Kier alpha value is -9.14. The van der Waals surface area contributed by atoms with Gasteiger partial charge < -0.3 is 58.6 Å². The Morgan fingerprint density at radius 2 is 0.923 bits per heavy atom. The van der Waals surface area contributed by atoms with E-state index in [-0.39, 0.29) is 89.6 Å². The number of nitrogen functional groups attached to an aromatic ring is 2. The van der Waals surface area contributed by atoms with Crippen molar-refractivity contribution in [2.75, 3.05) is 22.1 Å². The summed E-state index contributed by atoms with van der Waals surface area (Å²) < 4.78 is 0. The van der Waals surface area contributed by atoms with Crippen molar-refractivity contribution in [3.8, 4) is 0 Å². The highest BCUT2D eigenvalue weighted by Gasteiger charge is 2.23. The molecular formula is C38H40N14O13. The van der Waals surface area contributed by atoms with Gasteiger partial charge in [0.25, 0.3) is 22.9 Å². The first kappa shape index (κ1) is 48.5. The lowest BCUT2D eigenvalue weighted by Crippen LogP contribution is -2.41. The van der Waals surface area contributed by atoms with Crippen molar-refractivity contribution >= 4 is 81.3 Å². The lowest BCUT2D eigenvalue weighted by Gasteiger charge is -2.14. The lowest BCUT2D eigenvalue weighted by molar-refractivity contribution is -0.142. The number of carbonyl (C=O) groups excluding carboxylic acids is 2. The Balaban J connectivity index is 0.000000280. The van der Waals surface area contributed by atoms with Crippen molar-refractivity contribution in [2.24, 2.45) is 0 Å². The highest BCUT2D eigenvalue weighted by atomic mass is 16.4. The van der Waals surface area contributed by atoms with Gasteiger partial charge in [0.1, 0.15) is 12.1 Å². The predicted octanol–water partition coefficient (Wildman–Crippen LogP) is -0.914. The Kier molecular flexibility index (Phi) is 16.5. The summed E-state index contributed by atoms with van der Waals surface area (Å²) in [4.78, 5) is 121. The minimum Gasteiger partial charge on any atom is -0.481 e. The third-order valence-corrected chi connectivity index (χ3v) is 8.71. The number of anilines is 4. The topological polar surface area (TPSA) is 458 Å². The zero-order chi connectivity index (χ0) is 46.5. The van der Waals surface area contributed by atoms with Gasteiger partial charge in [-0.2, -0.15) is 9.97 Å². The smallest absolute Gasteiger partial charge is 0.326 e. The average Bonchev–Trinajstić information content (AvgIpc) is 3.25. The Bertz CT molecular complexity index is 2650. The number of nitrogens with one attached hydrogen (secondary N) is 6. The molecular weight excluding hydrogens is 861 g/mol. The number of benzene rings is 2. The molecule has 2 aromatic carbocycles. The fourth-order valence-corrected chi connectivity index (χ4v) is 5.51. The van der Waals surface area contributed by atoms with Gasteiger partial charge in [0, 0.05) is 35.3 Å². The number of H-pyrrole nitrogens is 2. The highest BCUT2D eigenvalue weighted by Crippen LogP contribution is 2.14. The van der Waals surface area contributed by atoms with Crippen LogP contribution in [0.4, 0.5) is 23.3 Å². The van der Waals surface area contributed by atoms with Gasteiger partial charge in [0.15, 0.2) is 22.3 Å². The number of hydrogen-bond acceptors (Lipinski definition) is 18. The monoisotopic (exact) mass is 900 g/mol. The number of fused-ring (bicyclic) bond motifs is 2. The van der Waals surface area contributed by atoms with Crippen molar-refractivity contribution < 1.29 is 54.7 Å². The molecule has 2 atom stereocenters. The molecule has 2 amide bonds. The second-order valence-corrected chi connectivity index (χ2v) is 13.4. The van der Waals surface area contributed by atoms with Gasteiger partial charge in [-0.1, -0.05) is 0 Å². The van der Waals surface area contributed by atoms with E-state index < -0.39 is 58.9 Å². The molecule has 0 saturated carbocycles. The van der Waals surface area contributed by atoms with Crippen LogP contribution < -0.4 is 43.9 Å². The van der Waals surface area contributed by atoms with Gasteiger partial charge in [-0.3, -0.25) is 38.7 Å². The summed E-state index contributed by atoms with van der Waals surface area (Å²) in [5, 5.41) is 46.4. The maximum Gasteiger partial charge on any atom is 0.326 e. The van der Waals surface area contributed by atoms with E-state index in [0.717, 1.165) is 0 Å². The second kappa shape index (κ2) is 22.1. The number of nitrogens with zero attached hydrogens (tertiary/aromatic N) is 6. The van der Waals surface area contributed by atoms with E-state index in [1.165, 1.54) is 36.7 Å². The van der Waals surface area contributed by atoms with E-state index in [0.29, 0.717) is 22.8 Å². The lowest BCUT2D eigenvalue weighted by atomic mass is 10.1. The molecule has 6 rings (SSSR count). The molecule has 0 radical (unpaired) electrons. The van der Waals surface area contributed by atoms with Crippen LogP contribution in [0, 0.1) is 0 Å². The Morgan fingerprint density at radius 1 is 0.569 bits per heavy atom. The van der Waals surface area contributed by atoms with Gasteiger partial charge in [-0.15, -0.1) is 0 Å². The summed E-state index contributed by atoms with van der Waals surface area (Å²) in [7, 11) is 0. The molecule has 0 aliphatic heterocycles. The van der Waals surface area contributed by atoms with Crippen LogP contribution in [-0.4, -0.2) is 114 Å². The molecule has 4 heterocycles. The highest BCUT2D eigenvalue weighted by molar-refractivity contribution is 5.97. The molecule has 0 bridgehead atoms. The predicted molar refractivity (Wildman–Crippen MR) is 227 cm³/mol. The quantitative estimate of drug-likeness (QED) is 0.0496. The first-order valence-corrected chi connectivity index (χ1v) is 18.7. The van der Waals surface area contributed by atoms with Gasteiger partial charge in [0.05, 0.1) is 36.9 Å². The van der Waals surface area contributed by atoms with Crippen molar-refractivity contribution in [1.82, 2.24) is 50.5 Å². The van der Waals surface area contributed by atoms with Crippen LogP contribution in [0.15, 0.2) is 70.5 Å². The summed E-state index contributed by atoms with van der Waals surface area (Å²) in [6, 6.07) is 9.73. The van der Waals surface area contributed by atoms with E-state index in [4.69, 9.17) is 31.9 Å². The van der Waals surface area contributed by atoms with E-state index in [9.17, 15) is 38.4 Å². The van der Waals surface area contributed by atoms with Crippen LogP contribution >= 0.6 is 0 Å². The number of nitrogens with two attached hydrogens (primary N) is 2. The molecule has 27 heteroatoms. The van der Waals surface area contributed by atoms with Crippen LogP contribution in [0.5, 0.6) is 0 Å². The SMILES string of the molecule is Nc1nc2ncc(CNc3ccc(C(=O)NC(CCC(=O)O)C(=O)O)cc3)nc2c(=O)[nH]1.Nc1nc2ncc(CNc3ccc(C(=O)NC(CCC(=O)O)C(=O)O)cc3)nc2c(=O)[nH]1.O. The summed E-state index contributed by atoms with van der Waals surface area (Å²) in [5.41, 5.74) is 12.9. The molecule has 0 spiro atoms. The average molecular weight is 901 g/mol. The van der Waals surface area contributed by atoms with E-state index in [1.54, 1.807) is 24.3 Å². The van der Waals surface area contributed by atoms with Crippen LogP contribution in [-0.2, 0) is 32.3 Å². The molecule has 0 aliphatic rings. The molecule has 2 unspecified atom stereocenters. The number of aromatic amines is 2. The number of carboxylic acid groups (broad SMARTS) is 4. The van der Waals surface area contributed by atoms with Gasteiger partial charge in [-0.25, -0.2) is 29.5 Å². The molecule has 65 heavy (non-hydrogen) atoms. The normalized spacial score (nSPS) is 11.4. The molecule has 6 aromatic rings. The minimum atomic E-state index is -1.31. The largest absolute Gasteiger partial charge is 0.481 e. The fourth-order valence-electron chi connectivity index (χ4n) is 5.51. The maximum absolute atomic E-state index is 12.3. The number of carboxylic acids is 4. The first-order chi connectivity index (χ1) is 30.4. The number of carbonyl (C=O) groups is 6. The van der Waals surface area contributed by atoms with Gasteiger partial charge in [-0.05, 0) is 61.4 Å². The third-order valence-electron chi connectivity index (χ3n) is 8.71. The number of hydrogen-bond donors (Lipinski definition) is 12. The minimum absolute atomic E-state index is 0. The van der Waals surface area contributed by atoms with E-state index in [1.807, 2.05) is 0 Å². The number of rotatable bonds is 18. The summed E-state index contributed by atoms with van der Waals surface area (Å²) in [6.45, 7) is 0.461. The van der Waals surface area contributed by atoms with E-state index >= 15 is 0 Å². The third kappa shape index (κ3) is 13.9. The number of aromatic nitrogens is 8. The zero-order valence-corrected chi connectivity index (χ0v) is 33.6. The Morgan fingerprint density at radius 3 is 1.25 bits per heavy atom. The number of amides is 2. The van der Waals surface area contributed by atoms with Crippen LogP contribution in [0.25, 0.3) is 22.3 Å². The van der Waals surface area contributed by atoms with Gasteiger partial charge >= 0.3 is 23.9 Å². The summed E-state index contributed by atoms with van der Waals surface area (Å²) in [6.07, 6.45) is 1.68. The van der Waals surface area contributed by atoms with Crippen LogP contribution in [0.1, 0.15) is 57.8 Å². The molecule has 0 fully saturated rings. The molecule has 4 aromatic heterocycles. The molecule has 27 nitrogen and oxygen atoms in total. The number of aliphatic carboxylic acids is 4. The summed E-state index contributed by atoms with van der Waals surface area (Å²) >= 11 is 0. The van der Waals surface area contributed by atoms with Crippen LogP contribution in [0.2, 0.25) is 0 Å². The van der Waals surface area contributed by atoms with Crippen molar-refractivity contribution in [3.05, 3.63) is 104 Å². The molecule has 0 saturated heterocycles. The van der Waals surface area contributed by atoms with Crippen molar-refractivity contribution in [2.45, 2.75) is 50.9 Å². The van der Waals surface area contributed by atoms with Gasteiger partial charge in [0.2, 0.25) is 11.9 Å². The molecule has 16 N–H and O–H groups in total. The second-order valence-electron chi connectivity index (χ2n) is 13.4. The van der Waals surface area contributed by atoms with E-state index in [2.05, 4.69) is 61.1 Å². The van der Waals surface area contributed by atoms with Crippen molar-refractivity contribution in [3.63, 3.8) is 0 Å². The Labute approximate surface area is 363 Å². The standard InChI is InChI=1S/2C19H19N7O6.H2O/c2*20-19-25-15-14(17(30)26-19)23-11(8-22-15)7-21-10-3-1-9(2-4-10)16(29)24-12(18(31)32)5-6-13(27)28;/h2*1-4,8,12,21H,5-7H2,(H,24,29)(H,27,28)(H,31,32)(H3,20,22,25,26,30);1H2.